The van der Waals surface area contributed by atoms with Crippen LogP contribution >= 0.6 is 0 Å². The highest BCUT2D eigenvalue weighted by Gasteiger charge is 2.16. The van der Waals surface area contributed by atoms with Crippen molar-refractivity contribution in [3.8, 4) is 17.0 Å². The Balaban J connectivity index is 1.99. The van der Waals surface area contributed by atoms with Crippen LogP contribution in [0, 0.1) is 0 Å². The first-order valence-electron chi connectivity index (χ1n) is 8.38. The third kappa shape index (κ3) is 2.55. The minimum absolute atomic E-state index is 0.220. The minimum Gasteiger partial charge on any atom is -0.507 e. The summed E-state index contributed by atoms with van der Waals surface area (Å²) in [7, 11) is 0. The van der Waals surface area contributed by atoms with E-state index in [2.05, 4.69) is 21.9 Å². The van der Waals surface area contributed by atoms with Crippen molar-refractivity contribution in [3.63, 3.8) is 0 Å². The largest absolute Gasteiger partial charge is 0.507 e. The molecule has 0 aliphatic rings. The third-order valence-electron chi connectivity index (χ3n) is 4.39. The highest BCUT2D eigenvalue weighted by molar-refractivity contribution is 6.03. The molecule has 0 saturated heterocycles. The van der Waals surface area contributed by atoms with Gasteiger partial charge in [0.25, 0.3) is 0 Å². The molecule has 0 fully saturated rings. The van der Waals surface area contributed by atoms with E-state index < -0.39 is 0 Å². The van der Waals surface area contributed by atoms with E-state index in [1.165, 1.54) is 0 Å². The van der Waals surface area contributed by atoms with E-state index in [4.69, 9.17) is 5.73 Å². The smallest absolute Gasteiger partial charge is 0.222 e. The van der Waals surface area contributed by atoms with E-state index >= 15 is 0 Å². The fourth-order valence-corrected chi connectivity index (χ4v) is 3.13. The Morgan fingerprint density at radius 3 is 2.68 bits per heavy atom. The third-order valence-corrected chi connectivity index (χ3v) is 4.39. The van der Waals surface area contributed by atoms with Gasteiger partial charge >= 0.3 is 0 Å². The summed E-state index contributed by atoms with van der Waals surface area (Å²) in [4.78, 5) is 13.4. The Morgan fingerprint density at radius 1 is 1.08 bits per heavy atom. The lowest BCUT2D eigenvalue weighted by Gasteiger charge is -2.09. The molecule has 6 heteroatoms. The van der Waals surface area contributed by atoms with Crippen LogP contribution in [0.2, 0.25) is 0 Å². The van der Waals surface area contributed by atoms with Crippen LogP contribution in [0.5, 0.6) is 5.75 Å². The van der Waals surface area contributed by atoms with Gasteiger partial charge in [-0.1, -0.05) is 37.6 Å². The van der Waals surface area contributed by atoms with Crippen molar-refractivity contribution in [2.24, 2.45) is 0 Å². The summed E-state index contributed by atoms with van der Waals surface area (Å²) in [5.74, 6) is 0.462. The number of nitrogen functional groups attached to an aromatic ring is 1. The van der Waals surface area contributed by atoms with E-state index in [1.54, 1.807) is 12.4 Å². The van der Waals surface area contributed by atoms with Gasteiger partial charge in [-0.2, -0.15) is 4.98 Å². The molecule has 25 heavy (non-hydrogen) atoms. The van der Waals surface area contributed by atoms with Gasteiger partial charge in [0.15, 0.2) is 5.65 Å². The molecule has 0 radical (unpaired) electrons. The van der Waals surface area contributed by atoms with Gasteiger partial charge in [0.2, 0.25) is 5.95 Å². The van der Waals surface area contributed by atoms with Crippen molar-refractivity contribution in [2.45, 2.75) is 26.3 Å². The number of phenolic OH excluding ortho intramolecular Hbond substituents is 1. The number of fused-ring (bicyclic) bond motifs is 2. The Labute approximate surface area is 145 Å². The van der Waals surface area contributed by atoms with Crippen LogP contribution < -0.4 is 5.73 Å². The number of anilines is 1. The van der Waals surface area contributed by atoms with E-state index in [-0.39, 0.29) is 11.7 Å². The minimum atomic E-state index is 0.220. The van der Waals surface area contributed by atoms with Gasteiger partial charge in [0, 0.05) is 17.5 Å². The normalized spacial score (nSPS) is 11.4. The van der Waals surface area contributed by atoms with Crippen LogP contribution in [0.1, 0.15) is 19.8 Å². The predicted molar refractivity (Wildman–Crippen MR) is 99.3 cm³/mol. The maximum Gasteiger partial charge on any atom is 0.222 e. The van der Waals surface area contributed by atoms with Gasteiger partial charge in [-0.15, -0.1) is 0 Å². The number of aromatic nitrogens is 4. The molecule has 4 rings (SSSR count). The zero-order valence-corrected chi connectivity index (χ0v) is 14.0. The highest BCUT2D eigenvalue weighted by Crippen LogP contribution is 2.35. The lowest BCUT2D eigenvalue weighted by Crippen LogP contribution is -2.02. The van der Waals surface area contributed by atoms with Crippen molar-refractivity contribution in [1.82, 2.24) is 19.5 Å². The summed E-state index contributed by atoms with van der Waals surface area (Å²) >= 11 is 0. The summed E-state index contributed by atoms with van der Waals surface area (Å²) in [5, 5.41) is 11.8. The molecular formula is C19H19N5O. The monoisotopic (exact) mass is 333 g/mol. The number of nitrogens with zero attached hydrogens (tertiary/aromatic N) is 4. The second kappa shape index (κ2) is 6.05. The van der Waals surface area contributed by atoms with Crippen LogP contribution in [-0.2, 0) is 6.54 Å². The molecule has 0 unspecified atom stereocenters. The van der Waals surface area contributed by atoms with Crippen molar-refractivity contribution in [1.29, 1.82) is 0 Å². The average molecular weight is 333 g/mol. The molecule has 2 heterocycles. The standard InChI is InChI=1S/C19H19N5O/c1-2-3-10-24-11-21-17-16(22-19(20)23-18(17)24)14-8-9-15(25)13-7-5-4-6-12(13)14/h4-9,11,25H,2-3,10H2,1H3,(H2,20,22,23). The first-order valence-corrected chi connectivity index (χ1v) is 8.38. The lowest BCUT2D eigenvalue weighted by molar-refractivity contribution is 0.481. The molecule has 0 atom stereocenters. The first-order chi connectivity index (χ1) is 12.2. The van der Waals surface area contributed by atoms with Gasteiger partial charge in [-0.25, -0.2) is 9.97 Å². The van der Waals surface area contributed by atoms with Crippen LogP contribution in [0.25, 0.3) is 33.2 Å². The number of nitrogens with two attached hydrogens (primary N) is 1. The average Bonchev–Trinajstić information content (AvgIpc) is 3.03. The summed E-state index contributed by atoms with van der Waals surface area (Å²) in [5.41, 5.74) is 9.02. The molecule has 0 aliphatic carbocycles. The fraction of sp³-hybridized carbons (Fsp3) is 0.211. The molecule has 3 N–H and O–H groups in total. The summed E-state index contributed by atoms with van der Waals surface area (Å²) < 4.78 is 2.02. The Bertz CT molecular complexity index is 1070. The number of unbranched alkanes of at least 4 members (excludes halogenated alkanes) is 1. The summed E-state index contributed by atoms with van der Waals surface area (Å²) in [6.07, 6.45) is 3.93. The topological polar surface area (TPSA) is 89.8 Å². The van der Waals surface area contributed by atoms with Crippen molar-refractivity contribution >= 4 is 27.9 Å². The first kappa shape index (κ1) is 15.4. The molecule has 126 valence electrons. The molecular weight excluding hydrogens is 314 g/mol. The van der Waals surface area contributed by atoms with E-state index in [9.17, 15) is 5.11 Å². The van der Waals surface area contributed by atoms with Crippen molar-refractivity contribution < 1.29 is 5.11 Å². The number of benzene rings is 2. The SMILES string of the molecule is CCCCn1cnc2c(-c3ccc(O)c4ccccc34)nc(N)nc21. The zero-order chi connectivity index (χ0) is 17.4. The number of hydrogen-bond donors (Lipinski definition) is 2. The summed E-state index contributed by atoms with van der Waals surface area (Å²) in [6, 6.07) is 11.2. The quantitative estimate of drug-likeness (QED) is 0.594. The molecule has 2 aromatic carbocycles. The van der Waals surface area contributed by atoms with Gasteiger partial charge in [0.1, 0.15) is 17.0 Å². The number of rotatable bonds is 4. The van der Waals surface area contributed by atoms with E-state index in [0.29, 0.717) is 5.69 Å². The van der Waals surface area contributed by atoms with Crippen LogP contribution in [-0.4, -0.2) is 24.6 Å². The van der Waals surface area contributed by atoms with Crippen molar-refractivity contribution in [3.05, 3.63) is 42.7 Å². The van der Waals surface area contributed by atoms with E-state index in [1.807, 2.05) is 34.9 Å². The number of imidazole rings is 1. The summed E-state index contributed by atoms with van der Waals surface area (Å²) in [6.45, 7) is 3.00. The molecule has 4 aromatic rings. The maximum absolute atomic E-state index is 10.1. The van der Waals surface area contributed by atoms with Gasteiger partial charge in [-0.3, -0.25) is 0 Å². The zero-order valence-electron chi connectivity index (χ0n) is 14.0. The second-order valence-corrected chi connectivity index (χ2v) is 6.07. The number of hydrogen-bond acceptors (Lipinski definition) is 5. The molecule has 0 aliphatic heterocycles. The Hall–Kier alpha value is -3.15. The Morgan fingerprint density at radius 2 is 1.88 bits per heavy atom. The molecule has 0 amide bonds. The van der Waals surface area contributed by atoms with Gasteiger partial charge in [0.05, 0.1) is 6.33 Å². The van der Waals surface area contributed by atoms with Crippen LogP contribution in [0.4, 0.5) is 5.95 Å². The predicted octanol–water partition coefficient (Wildman–Crippen LogP) is 3.73. The number of aryl methyl sites for hydroxylation is 1. The van der Waals surface area contributed by atoms with Crippen LogP contribution in [0.15, 0.2) is 42.7 Å². The number of aromatic hydroxyl groups is 1. The second-order valence-electron chi connectivity index (χ2n) is 6.07. The molecule has 0 bridgehead atoms. The highest BCUT2D eigenvalue weighted by atomic mass is 16.3. The van der Waals surface area contributed by atoms with Gasteiger partial charge < -0.3 is 15.4 Å². The van der Waals surface area contributed by atoms with Gasteiger partial charge in [-0.05, 0) is 23.9 Å². The molecule has 0 spiro atoms. The molecule has 2 aromatic heterocycles. The molecule has 6 nitrogen and oxygen atoms in total. The van der Waals surface area contributed by atoms with E-state index in [0.717, 1.165) is 46.9 Å². The maximum atomic E-state index is 10.1. The van der Waals surface area contributed by atoms with Crippen molar-refractivity contribution in [2.75, 3.05) is 5.73 Å². The number of phenols is 1. The lowest BCUT2D eigenvalue weighted by atomic mass is 10.0. The molecule has 0 saturated carbocycles. The van der Waals surface area contributed by atoms with Crippen LogP contribution in [0.3, 0.4) is 0 Å². The fourth-order valence-electron chi connectivity index (χ4n) is 3.13. The Kier molecular flexibility index (Phi) is 3.72.